The Morgan fingerprint density at radius 3 is 2.50 bits per heavy atom. The second kappa shape index (κ2) is 7.53. The van der Waals surface area contributed by atoms with E-state index in [-0.39, 0.29) is 0 Å². The zero-order chi connectivity index (χ0) is 14.4. The predicted molar refractivity (Wildman–Crippen MR) is 86.4 cm³/mol. The van der Waals surface area contributed by atoms with E-state index in [0.717, 1.165) is 30.0 Å². The summed E-state index contributed by atoms with van der Waals surface area (Å²) >= 11 is 1.72. The molecule has 0 radical (unpaired) electrons. The molecule has 1 heterocycles. The summed E-state index contributed by atoms with van der Waals surface area (Å²) < 4.78 is 0. The Labute approximate surface area is 125 Å². The van der Waals surface area contributed by atoms with Crippen LogP contribution in [0.2, 0.25) is 0 Å². The lowest BCUT2D eigenvalue weighted by atomic mass is 9.92. The fraction of sp³-hybridized carbons (Fsp3) is 0.438. The van der Waals surface area contributed by atoms with E-state index >= 15 is 0 Å². The van der Waals surface area contributed by atoms with Gasteiger partial charge < -0.3 is 0 Å². The number of hydrogen-bond donors (Lipinski definition) is 2. The van der Waals surface area contributed by atoms with E-state index < -0.39 is 0 Å². The van der Waals surface area contributed by atoms with E-state index in [2.05, 4.69) is 36.8 Å². The van der Waals surface area contributed by atoms with Crippen LogP contribution in [0.25, 0.3) is 11.3 Å². The number of thiazole rings is 1. The third-order valence-electron chi connectivity index (χ3n) is 3.85. The van der Waals surface area contributed by atoms with Crippen molar-refractivity contribution >= 4 is 11.3 Å². The van der Waals surface area contributed by atoms with Gasteiger partial charge in [-0.2, -0.15) is 0 Å². The molecule has 0 bridgehead atoms. The van der Waals surface area contributed by atoms with Gasteiger partial charge in [0.05, 0.1) is 10.7 Å². The first-order valence-corrected chi connectivity index (χ1v) is 8.12. The number of benzene rings is 1. The average molecular weight is 289 g/mol. The Morgan fingerprint density at radius 2 is 1.90 bits per heavy atom. The van der Waals surface area contributed by atoms with Crippen LogP contribution in [0.1, 0.15) is 31.7 Å². The molecule has 4 heteroatoms. The molecule has 0 aliphatic carbocycles. The van der Waals surface area contributed by atoms with Gasteiger partial charge in [0.15, 0.2) is 0 Å². The quantitative estimate of drug-likeness (QED) is 0.604. The monoisotopic (exact) mass is 289 g/mol. The fourth-order valence-electron chi connectivity index (χ4n) is 2.55. The van der Waals surface area contributed by atoms with E-state index in [1.165, 1.54) is 5.56 Å². The zero-order valence-electron chi connectivity index (χ0n) is 12.2. The molecule has 1 aromatic carbocycles. The normalized spacial score (nSPS) is 12.8. The molecule has 0 fully saturated rings. The molecule has 1 aromatic heterocycles. The molecule has 0 spiro atoms. The summed E-state index contributed by atoms with van der Waals surface area (Å²) in [5.74, 6) is 6.32. The summed E-state index contributed by atoms with van der Waals surface area (Å²) in [6, 6.07) is 10.6. The average Bonchev–Trinajstić information content (AvgIpc) is 2.97. The molecular weight excluding hydrogens is 266 g/mol. The Bertz CT molecular complexity index is 505. The zero-order valence-corrected chi connectivity index (χ0v) is 13.0. The van der Waals surface area contributed by atoms with E-state index in [9.17, 15) is 0 Å². The molecule has 0 saturated heterocycles. The molecule has 0 aliphatic rings. The number of hydrogen-bond acceptors (Lipinski definition) is 4. The molecule has 0 saturated carbocycles. The van der Waals surface area contributed by atoms with E-state index in [0.29, 0.717) is 12.0 Å². The molecule has 1 unspecified atom stereocenters. The van der Waals surface area contributed by atoms with Gasteiger partial charge in [-0.05, 0) is 5.92 Å². The lowest BCUT2D eigenvalue weighted by Gasteiger charge is -2.23. The first-order chi connectivity index (χ1) is 9.78. The van der Waals surface area contributed by atoms with Gasteiger partial charge in [0.25, 0.3) is 0 Å². The Morgan fingerprint density at radius 1 is 1.20 bits per heavy atom. The molecule has 20 heavy (non-hydrogen) atoms. The van der Waals surface area contributed by atoms with Gasteiger partial charge in [-0.25, -0.2) is 4.98 Å². The molecular formula is C16H23N3S. The van der Waals surface area contributed by atoms with Crippen molar-refractivity contribution in [2.75, 3.05) is 0 Å². The SMILES string of the molecule is CCC(CC)C(Cc1nc(-c2ccccc2)cs1)NN. The highest BCUT2D eigenvalue weighted by molar-refractivity contribution is 7.09. The highest BCUT2D eigenvalue weighted by Gasteiger charge is 2.19. The van der Waals surface area contributed by atoms with Crippen molar-refractivity contribution < 1.29 is 0 Å². The van der Waals surface area contributed by atoms with Crippen molar-refractivity contribution in [2.24, 2.45) is 11.8 Å². The van der Waals surface area contributed by atoms with E-state index in [1.807, 2.05) is 18.2 Å². The minimum Gasteiger partial charge on any atom is -0.271 e. The van der Waals surface area contributed by atoms with Crippen LogP contribution >= 0.6 is 11.3 Å². The molecule has 2 aromatic rings. The Kier molecular flexibility index (Phi) is 5.71. The Hall–Kier alpha value is -1.23. The summed E-state index contributed by atoms with van der Waals surface area (Å²) in [6.45, 7) is 4.44. The van der Waals surface area contributed by atoms with Gasteiger partial charge in [-0.1, -0.05) is 57.0 Å². The lowest BCUT2D eigenvalue weighted by molar-refractivity contribution is 0.335. The van der Waals surface area contributed by atoms with E-state index in [1.54, 1.807) is 11.3 Å². The highest BCUT2D eigenvalue weighted by Crippen LogP contribution is 2.24. The maximum atomic E-state index is 5.72. The highest BCUT2D eigenvalue weighted by atomic mass is 32.1. The van der Waals surface area contributed by atoms with Crippen molar-refractivity contribution in [3.05, 3.63) is 40.7 Å². The maximum absolute atomic E-state index is 5.72. The van der Waals surface area contributed by atoms with Gasteiger partial charge in [-0.15, -0.1) is 11.3 Å². The molecule has 108 valence electrons. The van der Waals surface area contributed by atoms with Crippen molar-refractivity contribution in [1.29, 1.82) is 0 Å². The third-order valence-corrected chi connectivity index (χ3v) is 4.72. The number of nitrogens with two attached hydrogens (primary N) is 1. The minimum absolute atomic E-state index is 0.305. The van der Waals surface area contributed by atoms with Crippen LogP contribution in [0.4, 0.5) is 0 Å². The number of nitrogens with one attached hydrogen (secondary N) is 1. The van der Waals surface area contributed by atoms with Gasteiger partial charge in [0, 0.05) is 23.4 Å². The summed E-state index contributed by atoms with van der Waals surface area (Å²) in [5.41, 5.74) is 5.20. The number of hydrazine groups is 1. The molecule has 2 rings (SSSR count). The van der Waals surface area contributed by atoms with Crippen molar-refractivity contribution in [1.82, 2.24) is 10.4 Å². The summed E-state index contributed by atoms with van der Waals surface area (Å²) in [7, 11) is 0. The van der Waals surface area contributed by atoms with Gasteiger partial charge in [0.1, 0.15) is 0 Å². The molecule has 3 N–H and O–H groups in total. The summed E-state index contributed by atoms with van der Waals surface area (Å²) in [5, 5.41) is 3.28. The largest absolute Gasteiger partial charge is 0.271 e. The molecule has 0 aliphatic heterocycles. The van der Waals surface area contributed by atoms with Gasteiger partial charge in [0.2, 0.25) is 0 Å². The first kappa shape index (κ1) is 15.2. The second-order valence-electron chi connectivity index (χ2n) is 5.05. The predicted octanol–water partition coefficient (Wildman–Crippen LogP) is 3.62. The van der Waals surface area contributed by atoms with Crippen LogP contribution in [0.15, 0.2) is 35.7 Å². The number of aromatic nitrogens is 1. The van der Waals surface area contributed by atoms with Crippen LogP contribution in [0.3, 0.4) is 0 Å². The Balaban J connectivity index is 2.09. The topological polar surface area (TPSA) is 50.9 Å². The third kappa shape index (κ3) is 3.66. The van der Waals surface area contributed by atoms with Crippen molar-refractivity contribution in [3.8, 4) is 11.3 Å². The first-order valence-electron chi connectivity index (χ1n) is 7.24. The summed E-state index contributed by atoms with van der Waals surface area (Å²) in [4.78, 5) is 4.74. The smallest absolute Gasteiger partial charge is 0.0948 e. The maximum Gasteiger partial charge on any atom is 0.0948 e. The van der Waals surface area contributed by atoms with Crippen LogP contribution < -0.4 is 11.3 Å². The molecule has 3 nitrogen and oxygen atoms in total. The lowest BCUT2D eigenvalue weighted by Crippen LogP contribution is -2.42. The summed E-state index contributed by atoms with van der Waals surface area (Å²) in [6.07, 6.45) is 3.19. The van der Waals surface area contributed by atoms with Crippen LogP contribution in [-0.4, -0.2) is 11.0 Å². The molecule has 0 amide bonds. The standard InChI is InChI=1S/C16H23N3S/c1-3-12(4-2)14(19-17)10-16-18-15(11-20-16)13-8-6-5-7-9-13/h5-9,11-12,14,19H,3-4,10,17H2,1-2H3. The van der Waals surface area contributed by atoms with Crippen LogP contribution in [-0.2, 0) is 6.42 Å². The van der Waals surface area contributed by atoms with Gasteiger partial charge >= 0.3 is 0 Å². The van der Waals surface area contributed by atoms with Crippen molar-refractivity contribution in [3.63, 3.8) is 0 Å². The van der Waals surface area contributed by atoms with Crippen molar-refractivity contribution in [2.45, 2.75) is 39.2 Å². The minimum atomic E-state index is 0.305. The molecule has 1 atom stereocenters. The number of nitrogens with zero attached hydrogens (tertiary/aromatic N) is 1. The van der Waals surface area contributed by atoms with Crippen LogP contribution in [0.5, 0.6) is 0 Å². The van der Waals surface area contributed by atoms with Gasteiger partial charge in [-0.3, -0.25) is 11.3 Å². The second-order valence-corrected chi connectivity index (χ2v) is 5.99. The number of rotatable bonds is 7. The van der Waals surface area contributed by atoms with E-state index in [4.69, 9.17) is 10.8 Å². The fourth-order valence-corrected chi connectivity index (χ4v) is 3.42. The van der Waals surface area contributed by atoms with Crippen LogP contribution in [0, 0.1) is 5.92 Å².